The first-order valence-electron chi connectivity index (χ1n) is 4.81. The Bertz CT molecular complexity index is 380. The fourth-order valence-electron chi connectivity index (χ4n) is 0.785. The van der Waals surface area contributed by atoms with Crippen molar-refractivity contribution >= 4 is 51.5 Å². The molecule has 0 spiro atoms. The Kier molecular flexibility index (Phi) is 12.7. The Balaban J connectivity index is -0.000000320. The molecule has 0 heterocycles. The van der Waals surface area contributed by atoms with E-state index in [1.54, 1.807) is 0 Å². The number of aromatic carboxylic acids is 2. The standard InChI is InChI=1S/C8H6O4.C4H12S.Na.H2O.H/c9-7(10)5-2-1-3-6(4-5)8(11)12;1-5(2,3)4;;;/h1-4H,(H,9,10)(H,11,12);1-4H3;;1H2;. The number of benzene rings is 1. The van der Waals surface area contributed by atoms with E-state index in [1.165, 1.54) is 18.2 Å². The molecule has 0 aliphatic heterocycles. The molecular weight excluding hydrogens is 279 g/mol. The Hall–Kier alpha value is -0.530. The van der Waals surface area contributed by atoms with Crippen LogP contribution in [0.1, 0.15) is 20.7 Å². The topological polar surface area (TPSA) is 106 Å². The molecule has 19 heavy (non-hydrogen) atoms. The van der Waals surface area contributed by atoms with Crippen molar-refractivity contribution in [1.82, 2.24) is 0 Å². The molecule has 7 heteroatoms. The summed E-state index contributed by atoms with van der Waals surface area (Å²) in [5, 5.41) is 17.0. The molecule has 0 bridgehead atoms. The molecule has 1 rings (SSSR count). The monoisotopic (exact) mass is 300 g/mol. The van der Waals surface area contributed by atoms with Gasteiger partial charge in [0, 0.05) is 0 Å². The third kappa shape index (κ3) is 13.7. The van der Waals surface area contributed by atoms with Gasteiger partial charge in [0.25, 0.3) is 0 Å². The second-order valence-electron chi connectivity index (χ2n) is 4.64. The van der Waals surface area contributed by atoms with E-state index in [1.807, 2.05) is 0 Å². The molecule has 5 nitrogen and oxygen atoms in total. The van der Waals surface area contributed by atoms with E-state index in [4.69, 9.17) is 10.2 Å². The van der Waals surface area contributed by atoms with E-state index in [0.717, 1.165) is 6.07 Å². The first-order chi connectivity index (χ1) is 7.61. The number of carboxylic acids is 2. The average molecular weight is 300 g/mol. The number of carbonyl (C=O) groups is 2. The van der Waals surface area contributed by atoms with Crippen LogP contribution in [0.15, 0.2) is 24.3 Å². The van der Waals surface area contributed by atoms with Crippen LogP contribution in [0.25, 0.3) is 0 Å². The molecule has 0 unspecified atom stereocenters. The summed E-state index contributed by atoms with van der Waals surface area (Å²) in [6.45, 7) is 0. The van der Waals surface area contributed by atoms with Crippen LogP contribution in [0.2, 0.25) is 0 Å². The Morgan fingerprint density at radius 3 is 1.42 bits per heavy atom. The zero-order valence-corrected chi connectivity index (χ0v) is 11.7. The van der Waals surface area contributed by atoms with Gasteiger partial charge >= 0.3 is 41.5 Å². The molecule has 0 aromatic heterocycles. The summed E-state index contributed by atoms with van der Waals surface area (Å²) >= 11 is 0. The third-order valence-corrected chi connectivity index (χ3v) is 1.36. The van der Waals surface area contributed by atoms with Gasteiger partial charge < -0.3 is 15.7 Å². The van der Waals surface area contributed by atoms with Gasteiger partial charge in [-0.05, 0) is 43.2 Å². The second-order valence-corrected chi connectivity index (χ2v) is 9.54. The minimum atomic E-state index is -1.13. The van der Waals surface area contributed by atoms with Gasteiger partial charge in [0.1, 0.15) is 0 Å². The maximum absolute atomic E-state index is 10.4. The van der Waals surface area contributed by atoms with Gasteiger partial charge in [0.05, 0.1) is 11.1 Å². The average Bonchev–Trinajstić information content (AvgIpc) is 2.15. The molecule has 0 aliphatic carbocycles. The van der Waals surface area contributed by atoms with Crippen LogP contribution in [0.4, 0.5) is 0 Å². The first kappa shape index (κ1) is 23.6. The van der Waals surface area contributed by atoms with Gasteiger partial charge in [0.15, 0.2) is 0 Å². The van der Waals surface area contributed by atoms with Gasteiger partial charge in [-0.1, -0.05) is 6.07 Å². The molecule has 0 radical (unpaired) electrons. The van der Waals surface area contributed by atoms with E-state index < -0.39 is 11.9 Å². The summed E-state index contributed by atoms with van der Waals surface area (Å²) < 4.78 is 0. The SMILES string of the molecule is CS(C)(C)C.O.O=C(O)c1cccc(C(=O)O)c1.[NaH]. The van der Waals surface area contributed by atoms with Crippen LogP contribution in [0.3, 0.4) is 0 Å². The fraction of sp³-hybridized carbons (Fsp3) is 0.333. The van der Waals surface area contributed by atoms with Gasteiger partial charge in [-0.15, -0.1) is 0 Å². The molecular formula is C12H21NaO5S. The van der Waals surface area contributed by atoms with Crippen LogP contribution in [-0.2, 0) is 0 Å². The zero-order valence-electron chi connectivity index (χ0n) is 10.9. The zero-order chi connectivity index (χ0) is 13.6. The quantitative estimate of drug-likeness (QED) is 0.792. The summed E-state index contributed by atoms with van der Waals surface area (Å²) in [5.74, 6) is -2.25. The van der Waals surface area contributed by atoms with Crippen molar-refractivity contribution in [2.45, 2.75) is 0 Å². The van der Waals surface area contributed by atoms with Crippen molar-refractivity contribution in [2.75, 3.05) is 25.0 Å². The van der Waals surface area contributed by atoms with Crippen molar-refractivity contribution in [2.24, 2.45) is 0 Å². The molecule has 0 saturated heterocycles. The molecule has 0 atom stereocenters. The molecule has 4 N–H and O–H groups in total. The van der Waals surface area contributed by atoms with Crippen molar-refractivity contribution in [1.29, 1.82) is 0 Å². The number of hydrogen-bond donors (Lipinski definition) is 2. The summed E-state index contributed by atoms with van der Waals surface area (Å²) in [6, 6.07) is 5.20. The predicted molar refractivity (Wildman–Crippen MR) is 82.4 cm³/mol. The van der Waals surface area contributed by atoms with Gasteiger partial charge in [-0.3, -0.25) is 10.0 Å². The van der Waals surface area contributed by atoms with E-state index in [-0.39, 0.29) is 56.2 Å². The minimum absolute atomic E-state index is 0. The fourth-order valence-corrected chi connectivity index (χ4v) is 0.785. The maximum atomic E-state index is 10.4. The second kappa shape index (κ2) is 10.3. The Labute approximate surface area is 136 Å². The Morgan fingerprint density at radius 1 is 0.947 bits per heavy atom. The summed E-state index contributed by atoms with van der Waals surface area (Å²) in [5.41, 5.74) is -0.0372. The molecule has 0 saturated carbocycles. The third-order valence-electron chi connectivity index (χ3n) is 1.36. The molecule has 1 aromatic rings. The van der Waals surface area contributed by atoms with E-state index in [0.29, 0.717) is 0 Å². The van der Waals surface area contributed by atoms with Gasteiger partial charge in [0.2, 0.25) is 0 Å². The van der Waals surface area contributed by atoms with Crippen molar-refractivity contribution in [3.8, 4) is 0 Å². The van der Waals surface area contributed by atoms with Crippen LogP contribution in [-0.4, -0.2) is 82.2 Å². The van der Waals surface area contributed by atoms with Crippen molar-refractivity contribution in [3.05, 3.63) is 35.4 Å². The van der Waals surface area contributed by atoms with Crippen LogP contribution in [0.5, 0.6) is 0 Å². The Morgan fingerprint density at radius 2 is 1.21 bits per heavy atom. The number of rotatable bonds is 2. The summed E-state index contributed by atoms with van der Waals surface area (Å²) in [7, 11) is -0.167. The first-order valence-corrected chi connectivity index (χ1v) is 8.08. The van der Waals surface area contributed by atoms with Crippen LogP contribution in [0, 0.1) is 0 Å². The summed E-state index contributed by atoms with van der Waals surface area (Å²) in [4.78, 5) is 20.8. The molecule has 0 fully saturated rings. The molecule has 106 valence electrons. The van der Waals surface area contributed by atoms with E-state index in [9.17, 15) is 9.59 Å². The van der Waals surface area contributed by atoms with Crippen molar-refractivity contribution < 1.29 is 25.3 Å². The molecule has 0 aliphatic rings. The van der Waals surface area contributed by atoms with Crippen molar-refractivity contribution in [3.63, 3.8) is 0 Å². The van der Waals surface area contributed by atoms with Gasteiger partial charge in [-0.25, -0.2) is 9.59 Å². The molecule has 1 aromatic carbocycles. The van der Waals surface area contributed by atoms with Crippen LogP contribution >= 0.6 is 10.0 Å². The predicted octanol–water partition coefficient (Wildman–Crippen LogP) is 0.920. The molecule has 0 amide bonds. The van der Waals surface area contributed by atoms with Crippen LogP contribution < -0.4 is 0 Å². The van der Waals surface area contributed by atoms with Gasteiger partial charge in [-0.2, -0.15) is 0 Å². The number of carboxylic acid groups (broad SMARTS) is 2. The summed E-state index contributed by atoms with van der Waals surface area (Å²) in [6.07, 6.45) is 9.08. The number of hydrogen-bond acceptors (Lipinski definition) is 2. The normalized spacial score (nSPS) is 9.89. The van der Waals surface area contributed by atoms with E-state index in [2.05, 4.69) is 25.0 Å². The van der Waals surface area contributed by atoms with E-state index >= 15 is 0 Å².